The van der Waals surface area contributed by atoms with Crippen LogP contribution < -0.4 is 0 Å². The number of carbonyl (C=O) groups excluding carboxylic acids is 2. The molecule has 0 unspecified atom stereocenters. The van der Waals surface area contributed by atoms with Gasteiger partial charge in [-0.1, -0.05) is 54.6 Å². The van der Waals surface area contributed by atoms with E-state index in [0.29, 0.717) is 11.1 Å². The Bertz CT molecular complexity index is 814. The van der Waals surface area contributed by atoms with Crippen LogP contribution in [0, 0.1) is 0 Å². The molecule has 0 heterocycles. The van der Waals surface area contributed by atoms with Gasteiger partial charge in [0, 0.05) is 22.3 Å². The predicted molar refractivity (Wildman–Crippen MR) is 88.3 cm³/mol. The molecule has 0 aromatic heterocycles. The van der Waals surface area contributed by atoms with Crippen molar-refractivity contribution in [3.05, 3.63) is 101 Å². The summed E-state index contributed by atoms with van der Waals surface area (Å²) in [5.74, 6) is 0.320. The number of Topliss-reactive ketones (excluding diaryl/α,β-unsaturated/α-hetero) is 1. The fourth-order valence-corrected chi connectivity index (χ4v) is 2.31. The van der Waals surface area contributed by atoms with E-state index in [1.54, 1.807) is 24.3 Å². The Morgan fingerprint density at radius 3 is 1.70 bits per heavy atom. The van der Waals surface area contributed by atoms with Crippen LogP contribution in [0.3, 0.4) is 0 Å². The van der Waals surface area contributed by atoms with Gasteiger partial charge in [0.2, 0.25) is 0 Å². The van der Waals surface area contributed by atoms with Crippen molar-refractivity contribution in [1.82, 2.24) is 0 Å². The molecule has 0 amide bonds. The summed E-state index contributed by atoms with van der Waals surface area (Å²) in [4.78, 5) is 22.6. The molecule has 2 aliphatic carbocycles. The number of hydrogen-bond donors (Lipinski definition) is 1. The van der Waals surface area contributed by atoms with Crippen LogP contribution in [-0.4, -0.2) is 16.7 Å². The van der Waals surface area contributed by atoms with Crippen LogP contribution in [0.5, 0.6) is 5.75 Å². The van der Waals surface area contributed by atoms with E-state index in [9.17, 15) is 9.59 Å². The van der Waals surface area contributed by atoms with E-state index in [4.69, 9.17) is 5.11 Å². The second-order valence-corrected chi connectivity index (χ2v) is 5.15. The molecule has 0 aliphatic heterocycles. The standard InChI is InChI=1S/C13H10O2.C7H4O/c14-12-8-6-11(7-9-12)13(15)10-4-2-1-3-5-10;8-7-5-1-2-6(7)4-3-5/h1-9,14H;1-4H. The summed E-state index contributed by atoms with van der Waals surface area (Å²) in [6.07, 6.45) is 7.38. The maximum absolute atomic E-state index is 11.9. The third-order valence-electron chi connectivity index (χ3n) is 3.57. The van der Waals surface area contributed by atoms with E-state index in [2.05, 4.69) is 0 Å². The topological polar surface area (TPSA) is 54.4 Å². The molecule has 23 heavy (non-hydrogen) atoms. The molecule has 3 heteroatoms. The Kier molecular flexibility index (Phi) is 4.02. The molecule has 1 N–H and O–H groups in total. The Balaban J connectivity index is 0.000000162. The maximum atomic E-state index is 11.9. The van der Waals surface area contributed by atoms with Crippen molar-refractivity contribution in [1.29, 1.82) is 0 Å². The number of rotatable bonds is 2. The van der Waals surface area contributed by atoms with Crippen molar-refractivity contribution in [3.63, 3.8) is 0 Å². The smallest absolute Gasteiger partial charge is 0.193 e. The summed E-state index contributed by atoms with van der Waals surface area (Å²) < 4.78 is 0. The average molecular weight is 302 g/mol. The summed E-state index contributed by atoms with van der Waals surface area (Å²) in [7, 11) is 0. The fraction of sp³-hybridized carbons (Fsp3) is 0. The van der Waals surface area contributed by atoms with Gasteiger partial charge in [-0.25, -0.2) is 0 Å². The highest BCUT2D eigenvalue weighted by atomic mass is 16.3. The number of carbonyl (C=O) groups is 2. The van der Waals surface area contributed by atoms with Crippen LogP contribution in [0.1, 0.15) is 15.9 Å². The molecule has 2 bridgehead atoms. The Morgan fingerprint density at radius 1 is 0.739 bits per heavy atom. The minimum atomic E-state index is -0.0319. The second kappa shape index (κ2) is 6.28. The van der Waals surface area contributed by atoms with Crippen molar-refractivity contribution >= 4 is 11.6 Å². The molecule has 4 rings (SSSR count). The van der Waals surface area contributed by atoms with Gasteiger partial charge in [0.1, 0.15) is 5.75 Å². The van der Waals surface area contributed by atoms with Crippen LogP contribution >= 0.6 is 0 Å². The normalized spacial score (nSPS) is 14.0. The zero-order valence-corrected chi connectivity index (χ0v) is 12.3. The van der Waals surface area contributed by atoms with Crippen LogP contribution in [0.4, 0.5) is 0 Å². The highest BCUT2D eigenvalue weighted by Crippen LogP contribution is 2.23. The molecule has 0 spiro atoms. The van der Waals surface area contributed by atoms with Gasteiger partial charge in [-0.3, -0.25) is 9.59 Å². The number of ketones is 2. The average Bonchev–Trinajstić information content (AvgIpc) is 3.14. The summed E-state index contributed by atoms with van der Waals surface area (Å²) in [5.41, 5.74) is 2.90. The first-order valence-electron chi connectivity index (χ1n) is 7.19. The monoisotopic (exact) mass is 302 g/mol. The second-order valence-electron chi connectivity index (χ2n) is 5.15. The number of phenolic OH excluding ortho intramolecular Hbond substituents is 1. The molecule has 2 aromatic carbocycles. The molecular weight excluding hydrogens is 288 g/mol. The van der Waals surface area contributed by atoms with Gasteiger partial charge < -0.3 is 5.11 Å². The Labute approximate surface area is 133 Å². The predicted octanol–water partition coefficient (Wildman–Crippen LogP) is 3.61. The lowest BCUT2D eigenvalue weighted by Gasteiger charge is -2.00. The number of hydrogen-bond acceptors (Lipinski definition) is 3. The van der Waals surface area contributed by atoms with Gasteiger partial charge >= 0.3 is 0 Å². The van der Waals surface area contributed by atoms with Crippen molar-refractivity contribution in [2.75, 3.05) is 0 Å². The molecule has 112 valence electrons. The van der Waals surface area contributed by atoms with Crippen LogP contribution in [0.25, 0.3) is 0 Å². The molecule has 0 fully saturated rings. The molecular formula is C20H14O3. The lowest BCUT2D eigenvalue weighted by atomic mass is 10.0. The van der Waals surface area contributed by atoms with Gasteiger partial charge in [-0.05, 0) is 24.3 Å². The van der Waals surface area contributed by atoms with Crippen LogP contribution in [0.15, 0.2) is 90.0 Å². The molecule has 0 saturated carbocycles. The van der Waals surface area contributed by atoms with Crippen LogP contribution in [-0.2, 0) is 4.79 Å². The lowest BCUT2D eigenvalue weighted by Crippen LogP contribution is -1.99. The highest BCUT2D eigenvalue weighted by Gasteiger charge is 2.20. The van der Waals surface area contributed by atoms with Gasteiger partial charge in [-0.2, -0.15) is 0 Å². The first-order chi connectivity index (χ1) is 11.1. The Morgan fingerprint density at radius 2 is 1.26 bits per heavy atom. The SMILES string of the molecule is O=C(c1ccccc1)c1ccc(O)cc1.O=C1C2=CC=C1C=C2. The molecule has 2 aromatic rings. The summed E-state index contributed by atoms with van der Waals surface area (Å²) >= 11 is 0. The van der Waals surface area contributed by atoms with E-state index in [1.807, 2.05) is 42.5 Å². The first kappa shape index (κ1) is 14.7. The quantitative estimate of drug-likeness (QED) is 0.862. The minimum Gasteiger partial charge on any atom is -0.508 e. The van der Waals surface area contributed by atoms with E-state index >= 15 is 0 Å². The van der Waals surface area contributed by atoms with Gasteiger partial charge in [-0.15, -0.1) is 0 Å². The maximum Gasteiger partial charge on any atom is 0.193 e. The number of allylic oxidation sites excluding steroid dienone is 6. The minimum absolute atomic E-state index is 0.0319. The third kappa shape index (κ3) is 3.19. The first-order valence-corrected chi connectivity index (χ1v) is 7.19. The lowest BCUT2D eigenvalue weighted by molar-refractivity contribution is -0.111. The molecule has 0 radical (unpaired) electrons. The van der Waals surface area contributed by atoms with E-state index in [-0.39, 0.29) is 17.3 Å². The van der Waals surface area contributed by atoms with E-state index < -0.39 is 0 Å². The third-order valence-corrected chi connectivity index (χ3v) is 3.57. The van der Waals surface area contributed by atoms with E-state index in [1.165, 1.54) is 12.1 Å². The number of phenols is 1. The fourth-order valence-electron chi connectivity index (χ4n) is 2.31. The molecule has 0 atom stereocenters. The molecule has 3 nitrogen and oxygen atoms in total. The largest absolute Gasteiger partial charge is 0.508 e. The highest BCUT2D eigenvalue weighted by molar-refractivity contribution is 6.17. The zero-order chi connectivity index (χ0) is 16.2. The summed E-state index contributed by atoms with van der Waals surface area (Å²) in [6.45, 7) is 0. The van der Waals surface area contributed by atoms with Gasteiger partial charge in [0.05, 0.1) is 0 Å². The van der Waals surface area contributed by atoms with Gasteiger partial charge in [0.15, 0.2) is 11.6 Å². The van der Waals surface area contributed by atoms with Crippen molar-refractivity contribution < 1.29 is 14.7 Å². The van der Waals surface area contributed by atoms with Crippen molar-refractivity contribution in [3.8, 4) is 5.75 Å². The zero-order valence-electron chi connectivity index (χ0n) is 12.3. The van der Waals surface area contributed by atoms with Crippen LogP contribution in [0.2, 0.25) is 0 Å². The Hall–Kier alpha value is -3.20. The van der Waals surface area contributed by atoms with Gasteiger partial charge in [0.25, 0.3) is 0 Å². The van der Waals surface area contributed by atoms with Crippen molar-refractivity contribution in [2.24, 2.45) is 0 Å². The summed E-state index contributed by atoms with van der Waals surface area (Å²) in [6, 6.07) is 15.3. The van der Waals surface area contributed by atoms with Crippen molar-refractivity contribution in [2.45, 2.75) is 0 Å². The molecule has 2 aliphatic rings. The number of aromatic hydroxyl groups is 1. The number of benzene rings is 2. The number of fused-ring (bicyclic) bond motifs is 2. The summed E-state index contributed by atoms with van der Waals surface area (Å²) in [5, 5.41) is 9.10. The molecule has 0 saturated heterocycles. The van der Waals surface area contributed by atoms with E-state index in [0.717, 1.165) is 11.1 Å².